The fourth-order valence-electron chi connectivity index (χ4n) is 2.16. The van der Waals surface area contributed by atoms with Gasteiger partial charge in [0.2, 0.25) is 0 Å². The second-order valence-corrected chi connectivity index (χ2v) is 4.00. The molecule has 0 spiro atoms. The number of hydrogen-bond donors (Lipinski definition) is 1. The summed E-state index contributed by atoms with van der Waals surface area (Å²) in [5.41, 5.74) is 0. The Hall–Kier alpha value is -0.800. The van der Waals surface area contributed by atoms with Crippen LogP contribution in [0.4, 0.5) is 0 Å². The van der Waals surface area contributed by atoms with Gasteiger partial charge in [-0.3, -0.25) is 0 Å². The summed E-state index contributed by atoms with van der Waals surface area (Å²) in [6.07, 6.45) is 5.36. The van der Waals surface area contributed by atoms with Crippen LogP contribution in [0.25, 0.3) is 0 Å². The molecule has 2 rings (SSSR count). The van der Waals surface area contributed by atoms with Crippen LogP contribution in [-0.2, 0) is 11.2 Å². The molecule has 3 nitrogen and oxygen atoms in total. The summed E-state index contributed by atoms with van der Waals surface area (Å²) in [5.74, 6) is 1.04. The molecule has 1 fully saturated rings. The number of likely N-dealkylation sites (N-methyl/N-ethyl adjacent to an activating group) is 1. The zero-order chi connectivity index (χ0) is 10.5. The van der Waals surface area contributed by atoms with Crippen molar-refractivity contribution in [2.75, 3.05) is 13.2 Å². The van der Waals surface area contributed by atoms with Crippen molar-refractivity contribution in [1.82, 2.24) is 5.32 Å². The Labute approximate surface area is 90.8 Å². The van der Waals surface area contributed by atoms with Crippen molar-refractivity contribution in [3.8, 4) is 0 Å². The van der Waals surface area contributed by atoms with Gasteiger partial charge in [0.1, 0.15) is 5.76 Å². The first-order chi connectivity index (χ1) is 7.40. The molecule has 2 heterocycles. The monoisotopic (exact) mass is 209 g/mol. The molecule has 0 aromatic carbocycles. The Morgan fingerprint density at radius 1 is 1.60 bits per heavy atom. The zero-order valence-electron chi connectivity index (χ0n) is 9.24. The highest BCUT2D eigenvalue weighted by molar-refractivity contribution is 5.02. The minimum atomic E-state index is 0.357. The van der Waals surface area contributed by atoms with Gasteiger partial charge in [-0.15, -0.1) is 0 Å². The smallest absolute Gasteiger partial charge is 0.105 e. The molecule has 3 heteroatoms. The minimum Gasteiger partial charge on any atom is -0.469 e. The molecule has 1 aliphatic rings. The summed E-state index contributed by atoms with van der Waals surface area (Å²) in [6.45, 7) is 4.01. The molecule has 15 heavy (non-hydrogen) atoms. The highest BCUT2D eigenvalue weighted by Gasteiger charge is 2.25. The van der Waals surface area contributed by atoms with Crippen LogP contribution in [0.2, 0.25) is 0 Å². The molecule has 1 aromatic heterocycles. The normalized spacial score (nSPS) is 23.1. The number of ether oxygens (including phenoxy) is 1. The molecule has 0 aliphatic carbocycles. The van der Waals surface area contributed by atoms with E-state index in [1.165, 1.54) is 12.8 Å². The number of furan rings is 1. The summed E-state index contributed by atoms with van der Waals surface area (Å²) in [4.78, 5) is 0. The van der Waals surface area contributed by atoms with Crippen LogP contribution in [0, 0.1) is 0 Å². The van der Waals surface area contributed by atoms with Crippen LogP contribution < -0.4 is 5.32 Å². The van der Waals surface area contributed by atoms with E-state index in [1.807, 2.05) is 12.1 Å². The van der Waals surface area contributed by atoms with Crippen molar-refractivity contribution in [2.45, 2.75) is 38.3 Å². The fourth-order valence-corrected chi connectivity index (χ4v) is 2.16. The first kappa shape index (κ1) is 10.7. The second kappa shape index (κ2) is 5.33. The largest absolute Gasteiger partial charge is 0.469 e. The summed E-state index contributed by atoms with van der Waals surface area (Å²) in [7, 11) is 0. The van der Waals surface area contributed by atoms with Crippen molar-refractivity contribution >= 4 is 0 Å². The summed E-state index contributed by atoms with van der Waals surface area (Å²) in [5, 5.41) is 3.48. The molecule has 0 radical (unpaired) electrons. The van der Waals surface area contributed by atoms with Crippen LogP contribution in [-0.4, -0.2) is 25.3 Å². The standard InChI is InChI=1S/C12H19NO2/c1-2-13-11(12-6-4-8-15-12)9-10-5-3-7-14-10/h3,5,7,11-13H,2,4,6,8-9H2,1H3. The molecular weight excluding hydrogens is 190 g/mol. The fraction of sp³-hybridized carbons (Fsp3) is 0.667. The van der Waals surface area contributed by atoms with Crippen LogP contribution in [0.3, 0.4) is 0 Å². The lowest BCUT2D eigenvalue weighted by atomic mass is 10.0. The van der Waals surface area contributed by atoms with E-state index in [0.29, 0.717) is 12.1 Å². The summed E-state index contributed by atoms with van der Waals surface area (Å²) < 4.78 is 11.1. The predicted molar refractivity (Wildman–Crippen MR) is 58.9 cm³/mol. The van der Waals surface area contributed by atoms with Crippen LogP contribution in [0.15, 0.2) is 22.8 Å². The molecule has 84 valence electrons. The van der Waals surface area contributed by atoms with Crippen LogP contribution in [0.1, 0.15) is 25.5 Å². The highest BCUT2D eigenvalue weighted by Crippen LogP contribution is 2.18. The second-order valence-electron chi connectivity index (χ2n) is 4.00. The van der Waals surface area contributed by atoms with Gasteiger partial charge in [-0.05, 0) is 31.5 Å². The molecule has 2 unspecified atom stereocenters. The third-order valence-corrected chi connectivity index (χ3v) is 2.88. The lowest BCUT2D eigenvalue weighted by Gasteiger charge is -2.22. The van der Waals surface area contributed by atoms with Crippen molar-refractivity contribution in [3.63, 3.8) is 0 Å². The number of rotatable bonds is 5. The van der Waals surface area contributed by atoms with Gasteiger partial charge in [0, 0.05) is 19.1 Å². The van der Waals surface area contributed by atoms with Crippen molar-refractivity contribution in [1.29, 1.82) is 0 Å². The van der Waals surface area contributed by atoms with Crippen LogP contribution >= 0.6 is 0 Å². The maximum atomic E-state index is 5.71. The Balaban J connectivity index is 1.93. The van der Waals surface area contributed by atoms with Gasteiger partial charge in [-0.25, -0.2) is 0 Å². The first-order valence-corrected chi connectivity index (χ1v) is 5.77. The van der Waals surface area contributed by atoms with E-state index >= 15 is 0 Å². The van der Waals surface area contributed by atoms with Gasteiger partial charge >= 0.3 is 0 Å². The predicted octanol–water partition coefficient (Wildman–Crippen LogP) is 1.98. The quantitative estimate of drug-likeness (QED) is 0.805. The van der Waals surface area contributed by atoms with Gasteiger partial charge < -0.3 is 14.5 Å². The average molecular weight is 209 g/mol. The molecule has 1 N–H and O–H groups in total. The van der Waals surface area contributed by atoms with Gasteiger partial charge in [-0.2, -0.15) is 0 Å². The third-order valence-electron chi connectivity index (χ3n) is 2.88. The van der Waals surface area contributed by atoms with Crippen molar-refractivity contribution < 1.29 is 9.15 Å². The molecule has 0 bridgehead atoms. The molecule has 0 amide bonds. The maximum Gasteiger partial charge on any atom is 0.105 e. The summed E-state index contributed by atoms with van der Waals surface area (Å²) in [6, 6.07) is 4.36. The molecular formula is C12H19NO2. The minimum absolute atomic E-state index is 0.357. The maximum absolute atomic E-state index is 5.71. The third kappa shape index (κ3) is 2.83. The highest BCUT2D eigenvalue weighted by atomic mass is 16.5. The molecule has 2 atom stereocenters. The van der Waals surface area contributed by atoms with Crippen molar-refractivity contribution in [3.05, 3.63) is 24.2 Å². The SMILES string of the molecule is CCNC(Cc1ccco1)C1CCCO1. The lowest BCUT2D eigenvalue weighted by Crippen LogP contribution is -2.41. The Kier molecular flexibility index (Phi) is 3.80. The molecule has 0 saturated carbocycles. The number of hydrogen-bond acceptors (Lipinski definition) is 3. The first-order valence-electron chi connectivity index (χ1n) is 5.77. The van der Waals surface area contributed by atoms with E-state index in [9.17, 15) is 0 Å². The van der Waals surface area contributed by atoms with Crippen LogP contribution in [0.5, 0.6) is 0 Å². The average Bonchev–Trinajstić information content (AvgIpc) is 2.89. The molecule has 1 aromatic rings. The van der Waals surface area contributed by atoms with Gasteiger partial charge in [-0.1, -0.05) is 6.92 Å². The van der Waals surface area contributed by atoms with Gasteiger partial charge in [0.05, 0.1) is 12.4 Å². The molecule has 1 saturated heterocycles. The Bertz CT molecular complexity index is 265. The summed E-state index contributed by atoms with van der Waals surface area (Å²) >= 11 is 0. The topological polar surface area (TPSA) is 34.4 Å². The van der Waals surface area contributed by atoms with E-state index < -0.39 is 0 Å². The Morgan fingerprint density at radius 3 is 3.13 bits per heavy atom. The van der Waals surface area contributed by atoms with E-state index in [-0.39, 0.29) is 0 Å². The van der Waals surface area contributed by atoms with E-state index in [1.54, 1.807) is 6.26 Å². The van der Waals surface area contributed by atoms with E-state index in [0.717, 1.165) is 25.3 Å². The lowest BCUT2D eigenvalue weighted by molar-refractivity contribution is 0.0772. The number of nitrogens with one attached hydrogen (secondary N) is 1. The van der Waals surface area contributed by atoms with E-state index in [2.05, 4.69) is 12.2 Å². The zero-order valence-corrected chi connectivity index (χ0v) is 9.24. The Morgan fingerprint density at radius 2 is 2.53 bits per heavy atom. The van der Waals surface area contributed by atoms with Gasteiger partial charge in [0.15, 0.2) is 0 Å². The van der Waals surface area contributed by atoms with Crippen molar-refractivity contribution in [2.24, 2.45) is 0 Å². The van der Waals surface area contributed by atoms with E-state index in [4.69, 9.17) is 9.15 Å². The van der Waals surface area contributed by atoms with Gasteiger partial charge in [0.25, 0.3) is 0 Å². The molecule has 1 aliphatic heterocycles.